The van der Waals surface area contributed by atoms with E-state index >= 15 is 0 Å². The summed E-state index contributed by atoms with van der Waals surface area (Å²) in [4.78, 5) is 0. The number of rotatable bonds is 4. The molecule has 146 valence electrons. The van der Waals surface area contributed by atoms with E-state index in [0.717, 1.165) is 28.9 Å². The van der Waals surface area contributed by atoms with Crippen molar-refractivity contribution in [2.75, 3.05) is 10.6 Å². The Morgan fingerprint density at radius 3 is 2.61 bits per heavy atom. The maximum Gasteiger partial charge on any atom is 0.416 e. The van der Waals surface area contributed by atoms with Gasteiger partial charge >= 0.3 is 6.18 Å². The Bertz CT molecular complexity index is 995. The van der Waals surface area contributed by atoms with E-state index in [1.807, 2.05) is 32.0 Å². The molecular weight excluding hydrogens is 385 g/mol. The van der Waals surface area contributed by atoms with Crippen LogP contribution < -0.4 is 10.6 Å². The highest BCUT2D eigenvalue weighted by atomic mass is 32.1. The molecule has 0 aliphatic rings. The number of hydrogen-bond donors (Lipinski definition) is 2. The Balaban J connectivity index is 1.64. The summed E-state index contributed by atoms with van der Waals surface area (Å²) in [5.74, 6) is 0. The lowest BCUT2D eigenvalue weighted by molar-refractivity contribution is -0.137. The van der Waals surface area contributed by atoms with Crippen molar-refractivity contribution in [3.05, 3.63) is 77.1 Å². The summed E-state index contributed by atoms with van der Waals surface area (Å²) in [6.07, 6.45) is -1.10. The van der Waals surface area contributed by atoms with Crippen LogP contribution in [-0.2, 0) is 12.7 Å². The number of alkyl halides is 3. The van der Waals surface area contributed by atoms with Gasteiger partial charge < -0.3 is 10.6 Å². The molecule has 0 fully saturated rings. The first kappa shape index (κ1) is 19.9. The summed E-state index contributed by atoms with van der Waals surface area (Å²) in [5, 5.41) is 10.8. The number of aromatic nitrogens is 2. The highest BCUT2D eigenvalue weighted by Crippen LogP contribution is 2.29. The van der Waals surface area contributed by atoms with Gasteiger partial charge in [0.15, 0.2) is 5.11 Å². The first-order chi connectivity index (χ1) is 13.2. The zero-order chi connectivity index (χ0) is 20.3. The molecule has 0 radical (unpaired) electrons. The third-order valence-corrected chi connectivity index (χ3v) is 4.55. The summed E-state index contributed by atoms with van der Waals surface area (Å²) in [6.45, 7) is 4.25. The van der Waals surface area contributed by atoms with Crippen LogP contribution in [0.15, 0.2) is 54.9 Å². The van der Waals surface area contributed by atoms with Crippen LogP contribution in [0.1, 0.15) is 22.3 Å². The summed E-state index contributed by atoms with van der Waals surface area (Å²) in [5.41, 5.74) is 3.66. The number of nitrogens with one attached hydrogen (secondary N) is 2. The zero-order valence-electron chi connectivity index (χ0n) is 15.3. The second kappa shape index (κ2) is 8.02. The summed E-state index contributed by atoms with van der Waals surface area (Å²) < 4.78 is 40.1. The standard InChI is InChI=1S/C20H19F3N4S/c1-13-5-3-8-18(14(13)2)26-19(28)25-17-10-24-27(12-17)11-15-6-4-7-16(9-15)20(21,22)23/h3-10,12H,11H2,1-2H3,(H2,25,26,28). The van der Waals surface area contributed by atoms with Crippen molar-refractivity contribution < 1.29 is 13.2 Å². The lowest BCUT2D eigenvalue weighted by Gasteiger charge is -2.12. The second-order valence-electron chi connectivity index (χ2n) is 6.45. The second-order valence-corrected chi connectivity index (χ2v) is 6.86. The van der Waals surface area contributed by atoms with E-state index in [1.165, 1.54) is 6.07 Å². The molecule has 8 heteroatoms. The van der Waals surface area contributed by atoms with Gasteiger partial charge in [0.05, 0.1) is 24.0 Å². The number of nitrogens with zero attached hydrogens (tertiary/aromatic N) is 2. The monoisotopic (exact) mass is 404 g/mol. The molecule has 0 amide bonds. The molecule has 0 aliphatic heterocycles. The molecule has 0 aliphatic carbocycles. The van der Waals surface area contributed by atoms with Crippen LogP contribution in [0, 0.1) is 13.8 Å². The van der Waals surface area contributed by atoms with Crippen LogP contribution in [0.5, 0.6) is 0 Å². The number of halogens is 3. The van der Waals surface area contributed by atoms with E-state index in [-0.39, 0.29) is 6.54 Å². The van der Waals surface area contributed by atoms with Crippen LogP contribution in [0.3, 0.4) is 0 Å². The van der Waals surface area contributed by atoms with Crippen molar-refractivity contribution in [2.45, 2.75) is 26.6 Å². The number of benzene rings is 2. The quantitative estimate of drug-likeness (QED) is 0.573. The van der Waals surface area contributed by atoms with Gasteiger partial charge in [0, 0.05) is 11.9 Å². The minimum absolute atomic E-state index is 0.225. The third-order valence-electron chi connectivity index (χ3n) is 4.34. The van der Waals surface area contributed by atoms with Crippen LogP contribution in [0.4, 0.5) is 24.5 Å². The molecule has 0 atom stereocenters. The van der Waals surface area contributed by atoms with E-state index in [0.29, 0.717) is 16.4 Å². The molecule has 1 aromatic heterocycles. The van der Waals surface area contributed by atoms with Crippen molar-refractivity contribution in [3.63, 3.8) is 0 Å². The fourth-order valence-electron chi connectivity index (χ4n) is 2.72. The molecule has 0 unspecified atom stereocenters. The Labute approximate surface area is 166 Å². The fourth-order valence-corrected chi connectivity index (χ4v) is 2.95. The SMILES string of the molecule is Cc1cccc(NC(=S)Nc2cnn(Cc3cccc(C(F)(F)F)c3)c2)c1C. The smallest absolute Gasteiger partial charge is 0.332 e. The van der Waals surface area contributed by atoms with Crippen molar-refractivity contribution in [1.29, 1.82) is 0 Å². The normalized spacial score (nSPS) is 11.3. The Morgan fingerprint density at radius 1 is 1.11 bits per heavy atom. The van der Waals surface area contributed by atoms with Gasteiger partial charge in [0.25, 0.3) is 0 Å². The summed E-state index contributed by atoms with van der Waals surface area (Å²) in [7, 11) is 0. The highest BCUT2D eigenvalue weighted by Gasteiger charge is 2.30. The van der Waals surface area contributed by atoms with E-state index < -0.39 is 11.7 Å². The average molecular weight is 404 g/mol. The molecule has 0 bridgehead atoms. The zero-order valence-corrected chi connectivity index (χ0v) is 16.2. The Morgan fingerprint density at radius 2 is 1.86 bits per heavy atom. The molecule has 4 nitrogen and oxygen atoms in total. The van der Waals surface area contributed by atoms with E-state index in [4.69, 9.17) is 12.2 Å². The molecule has 1 heterocycles. The molecule has 3 rings (SSSR count). The van der Waals surface area contributed by atoms with E-state index in [2.05, 4.69) is 15.7 Å². The molecule has 2 N–H and O–H groups in total. The predicted octanol–water partition coefficient (Wildman–Crippen LogP) is 5.38. The molecule has 3 aromatic rings. The molecule has 0 saturated heterocycles. The topological polar surface area (TPSA) is 41.9 Å². The van der Waals surface area contributed by atoms with E-state index in [9.17, 15) is 13.2 Å². The van der Waals surface area contributed by atoms with Crippen molar-refractivity contribution in [1.82, 2.24) is 9.78 Å². The first-order valence-electron chi connectivity index (χ1n) is 8.55. The van der Waals surface area contributed by atoms with Crippen molar-refractivity contribution in [3.8, 4) is 0 Å². The number of anilines is 2. The van der Waals surface area contributed by atoms with E-state index in [1.54, 1.807) is 23.1 Å². The lowest BCUT2D eigenvalue weighted by atomic mass is 10.1. The maximum atomic E-state index is 12.8. The van der Waals surface area contributed by atoms with Gasteiger partial charge in [-0.25, -0.2) is 0 Å². The molecule has 0 saturated carbocycles. The molecular formula is C20H19F3N4S. The van der Waals surface area contributed by atoms with Crippen LogP contribution in [-0.4, -0.2) is 14.9 Å². The predicted molar refractivity (Wildman–Crippen MR) is 109 cm³/mol. The van der Waals surface area contributed by atoms with Gasteiger partial charge in [-0.1, -0.05) is 24.3 Å². The summed E-state index contributed by atoms with van der Waals surface area (Å²) >= 11 is 5.33. The summed E-state index contributed by atoms with van der Waals surface area (Å²) in [6, 6.07) is 11.1. The minimum atomic E-state index is -4.36. The van der Waals surface area contributed by atoms with Crippen LogP contribution >= 0.6 is 12.2 Å². The largest absolute Gasteiger partial charge is 0.416 e. The molecule has 2 aromatic carbocycles. The van der Waals surface area contributed by atoms with Gasteiger partial charge in [0.1, 0.15) is 0 Å². The number of aryl methyl sites for hydroxylation is 1. The first-order valence-corrected chi connectivity index (χ1v) is 8.96. The maximum absolute atomic E-state index is 12.8. The highest BCUT2D eigenvalue weighted by molar-refractivity contribution is 7.80. The van der Waals surface area contributed by atoms with Crippen molar-refractivity contribution in [2.24, 2.45) is 0 Å². The molecule has 28 heavy (non-hydrogen) atoms. The molecule has 0 spiro atoms. The van der Waals surface area contributed by atoms with Gasteiger partial charge in [0.2, 0.25) is 0 Å². The minimum Gasteiger partial charge on any atom is -0.332 e. The van der Waals surface area contributed by atoms with Gasteiger partial charge in [-0.3, -0.25) is 4.68 Å². The number of thiocarbonyl (C=S) groups is 1. The fraction of sp³-hybridized carbons (Fsp3) is 0.200. The van der Waals surface area contributed by atoms with Gasteiger partial charge in [-0.2, -0.15) is 18.3 Å². The third kappa shape index (κ3) is 4.89. The van der Waals surface area contributed by atoms with Gasteiger partial charge in [-0.15, -0.1) is 0 Å². The Hall–Kier alpha value is -2.87. The van der Waals surface area contributed by atoms with Crippen molar-refractivity contribution >= 4 is 28.7 Å². The van der Waals surface area contributed by atoms with Gasteiger partial charge in [-0.05, 0) is 61.0 Å². The van der Waals surface area contributed by atoms with Crippen LogP contribution in [0.25, 0.3) is 0 Å². The number of hydrogen-bond acceptors (Lipinski definition) is 2. The lowest BCUT2D eigenvalue weighted by Crippen LogP contribution is -2.19. The van der Waals surface area contributed by atoms with Crippen LogP contribution in [0.2, 0.25) is 0 Å². The average Bonchev–Trinajstić information content (AvgIpc) is 3.05. The Kier molecular flexibility index (Phi) is 5.69.